The third-order valence-corrected chi connectivity index (χ3v) is 3.30. The lowest BCUT2D eigenvalue weighted by atomic mass is 10.1. The van der Waals surface area contributed by atoms with Crippen molar-refractivity contribution in [1.82, 2.24) is 0 Å². The molecule has 1 rings (SSSR count). The second-order valence-electron chi connectivity index (χ2n) is 3.81. The van der Waals surface area contributed by atoms with Gasteiger partial charge in [-0.25, -0.2) is 0 Å². The second-order valence-corrected chi connectivity index (χ2v) is 5.20. The van der Waals surface area contributed by atoms with Gasteiger partial charge in [-0.15, -0.1) is 0 Å². The molecule has 92 valence electrons. The molecule has 3 nitrogen and oxygen atoms in total. The van der Waals surface area contributed by atoms with E-state index >= 15 is 0 Å². The molecule has 0 radical (unpaired) electrons. The van der Waals surface area contributed by atoms with Crippen LogP contribution in [0.4, 0.5) is 5.69 Å². The van der Waals surface area contributed by atoms with Gasteiger partial charge < -0.3 is 11.1 Å². The summed E-state index contributed by atoms with van der Waals surface area (Å²) in [5, 5.41) is 2.85. The van der Waals surface area contributed by atoms with Crippen molar-refractivity contribution in [2.75, 3.05) is 5.32 Å². The van der Waals surface area contributed by atoms with E-state index in [0.717, 1.165) is 15.7 Å². The van der Waals surface area contributed by atoms with Crippen LogP contribution in [0.5, 0.6) is 0 Å². The molecule has 0 fully saturated rings. The largest absolute Gasteiger partial charge is 0.393 e. The van der Waals surface area contributed by atoms with Crippen LogP contribution in [0.15, 0.2) is 22.7 Å². The first-order valence-electron chi connectivity index (χ1n) is 5.32. The SMILES string of the molecule is CCC(C(=O)Nc1cc(Br)ccc1C)C(N)=S. The lowest BCUT2D eigenvalue weighted by Gasteiger charge is -2.15. The van der Waals surface area contributed by atoms with Crippen LogP contribution in [0, 0.1) is 12.8 Å². The molecule has 0 bridgehead atoms. The quantitative estimate of drug-likeness (QED) is 0.840. The number of carbonyl (C=O) groups excluding carboxylic acids is 1. The first kappa shape index (κ1) is 14.1. The van der Waals surface area contributed by atoms with Crippen molar-refractivity contribution in [3.63, 3.8) is 0 Å². The normalized spacial score (nSPS) is 11.9. The molecule has 3 N–H and O–H groups in total. The summed E-state index contributed by atoms with van der Waals surface area (Å²) in [4.78, 5) is 12.2. The van der Waals surface area contributed by atoms with Gasteiger partial charge in [0.15, 0.2) is 0 Å². The molecule has 1 amide bonds. The maximum Gasteiger partial charge on any atom is 0.234 e. The van der Waals surface area contributed by atoms with E-state index in [9.17, 15) is 4.79 Å². The number of halogens is 1. The van der Waals surface area contributed by atoms with Crippen LogP contribution in [0.3, 0.4) is 0 Å². The van der Waals surface area contributed by atoms with Crippen molar-refractivity contribution in [3.8, 4) is 0 Å². The average Bonchev–Trinajstić information content (AvgIpc) is 2.24. The van der Waals surface area contributed by atoms with E-state index in [4.69, 9.17) is 18.0 Å². The Kier molecular flexibility index (Phi) is 5.08. The summed E-state index contributed by atoms with van der Waals surface area (Å²) in [6, 6.07) is 5.72. The number of hydrogen-bond acceptors (Lipinski definition) is 2. The standard InChI is InChI=1S/C12H15BrN2OS/c1-3-9(11(14)17)12(16)15-10-6-8(13)5-4-7(10)2/h4-6,9H,3H2,1-2H3,(H2,14,17)(H,15,16). The number of anilines is 1. The Hall–Kier alpha value is -0.940. The molecular formula is C12H15BrN2OS. The minimum atomic E-state index is -0.414. The van der Waals surface area contributed by atoms with Crippen molar-refractivity contribution in [2.45, 2.75) is 20.3 Å². The number of benzene rings is 1. The van der Waals surface area contributed by atoms with Crippen molar-refractivity contribution in [1.29, 1.82) is 0 Å². The van der Waals surface area contributed by atoms with Crippen LogP contribution < -0.4 is 11.1 Å². The van der Waals surface area contributed by atoms with Gasteiger partial charge in [0.25, 0.3) is 0 Å². The van der Waals surface area contributed by atoms with Crippen molar-refractivity contribution in [3.05, 3.63) is 28.2 Å². The predicted molar refractivity (Wildman–Crippen MR) is 78.1 cm³/mol. The Morgan fingerprint density at radius 3 is 2.76 bits per heavy atom. The Morgan fingerprint density at radius 2 is 2.24 bits per heavy atom. The number of nitrogens with one attached hydrogen (secondary N) is 1. The van der Waals surface area contributed by atoms with Gasteiger partial charge in [0.2, 0.25) is 5.91 Å². The Bertz CT molecular complexity index is 448. The van der Waals surface area contributed by atoms with Gasteiger partial charge in [-0.3, -0.25) is 4.79 Å². The lowest BCUT2D eigenvalue weighted by Crippen LogP contribution is -2.32. The van der Waals surface area contributed by atoms with Crippen LogP contribution >= 0.6 is 28.1 Å². The molecule has 0 aliphatic heterocycles. The van der Waals surface area contributed by atoms with E-state index in [1.54, 1.807) is 0 Å². The van der Waals surface area contributed by atoms with Crippen LogP contribution in [-0.2, 0) is 4.79 Å². The Labute approximate surface area is 115 Å². The number of aryl methyl sites for hydroxylation is 1. The van der Waals surface area contributed by atoms with Crippen LogP contribution in [0.2, 0.25) is 0 Å². The smallest absolute Gasteiger partial charge is 0.234 e. The van der Waals surface area contributed by atoms with Gasteiger partial charge in [0, 0.05) is 10.2 Å². The Morgan fingerprint density at radius 1 is 1.59 bits per heavy atom. The van der Waals surface area contributed by atoms with E-state index in [1.807, 2.05) is 32.0 Å². The summed E-state index contributed by atoms with van der Waals surface area (Å²) >= 11 is 8.24. The maximum atomic E-state index is 12.0. The highest BCUT2D eigenvalue weighted by Gasteiger charge is 2.19. The van der Waals surface area contributed by atoms with Gasteiger partial charge in [-0.1, -0.05) is 41.1 Å². The third kappa shape index (κ3) is 3.78. The van der Waals surface area contributed by atoms with Gasteiger partial charge in [0.05, 0.1) is 10.9 Å². The fraction of sp³-hybridized carbons (Fsp3) is 0.333. The highest BCUT2D eigenvalue weighted by Crippen LogP contribution is 2.21. The highest BCUT2D eigenvalue weighted by molar-refractivity contribution is 9.10. The minimum absolute atomic E-state index is 0.152. The average molecular weight is 315 g/mol. The van der Waals surface area contributed by atoms with Crippen LogP contribution in [0.25, 0.3) is 0 Å². The number of nitrogens with two attached hydrogens (primary N) is 1. The predicted octanol–water partition coefficient (Wildman–Crippen LogP) is 3.01. The van der Waals surface area contributed by atoms with Crippen LogP contribution in [0.1, 0.15) is 18.9 Å². The lowest BCUT2D eigenvalue weighted by molar-refractivity contribution is -0.118. The molecule has 0 aliphatic rings. The number of rotatable bonds is 4. The van der Waals surface area contributed by atoms with E-state index < -0.39 is 5.92 Å². The molecule has 0 saturated heterocycles. The van der Waals surface area contributed by atoms with Crippen molar-refractivity contribution >= 4 is 44.7 Å². The number of thiocarbonyl (C=S) groups is 1. The monoisotopic (exact) mass is 314 g/mol. The third-order valence-electron chi connectivity index (χ3n) is 2.53. The summed E-state index contributed by atoms with van der Waals surface area (Å²) in [6.07, 6.45) is 0.605. The molecule has 1 aromatic rings. The zero-order chi connectivity index (χ0) is 13.0. The first-order valence-corrected chi connectivity index (χ1v) is 6.52. The zero-order valence-electron chi connectivity index (χ0n) is 9.79. The fourth-order valence-corrected chi connectivity index (χ4v) is 2.10. The molecule has 1 aromatic carbocycles. The van der Waals surface area contributed by atoms with E-state index in [0.29, 0.717) is 6.42 Å². The van der Waals surface area contributed by atoms with Gasteiger partial charge in [-0.2, -0.15) is 0 Å². The Balaban J connectivity index is 2.87. The molecule has 0 heterocycles. The number of amides is 1. The van der Waals surface area contributed by atoms with Crippen LogP contribution in [-0.4, -0.2) is 10.9 Å². The minimum Gasteiger partial charge on any atom is -0.393 e. The molecule has 1 atom stereocenters. The second kappa shape index (κ2) is 6.12. The van der Waals surface area contributed by atoms with E-state index in [1.165, 1.54) is 0 Å². The van der Waals surface area contributed by atoms with Gasteiger partial charge in [-0.05, 0) is 31.0 Å². The molecule has 5 heteroatoms. The van der Waals surface area contributed by atoms with Gasteiger partial charge in [0.1, 0.15) is 0 Å². The summed E-state index contributed by atoms with van der Waals surface area (Å²) < 4.78 is 0.918. The van der Waals surface area contributed by atoms with Crippen molar-refractivity contribution < 1.29 is 4.79 Å². The summed E-state index contributed by atoms with van der Waals surface area (Å²) in [5.41, 5.74) is 7.31. The van der Waals surface area contributed by atoms with E-state index in [-0.39, 0.29) is 10.9 Å². The molecule has 1 unspecified atom stereocenters. The first-order chi connectivity index (χ1) is 7.95. The molecule has 0 aromatic heterocycles. The number of carbonyl (C=O) groups is 1. The molecule has 0 spiro atoms. The topological polar surface area (TPSA) is 55.1 Å². The van der Waals surface area contributed by atoms with Crippen molar-refractivity contribution in [2.24, 2.45) is 11.7 Å². The molecular weight excluding hydrogens is 300 g/mol. The molecule has 17 heavy (non-hydrogen) atoms. The zero-order valence-corrected chi connectivity index (χ0v) is 12.2. The fourth-order valence-electron chi connectivity index (χ4n) is 1.46. The molecule has 0 aliphatic carbocycles. The summed E-state index contributed by atoms with van der Waals surface area (Å²) in [5.74, 6) is -0.565. The highest BCUT2D eigenvalue weighted by atomic mass is 79.9. The van der Waals surface area contributed by atoms with E-state index in [2.05, 4.69) is 21.2 Å². The molecule has 0 saturated carbocycles. The maximum absolute atomic E-state index is 12.0. The number of hydrogen-bond donors (Lipinski definition) is 2. The summed E-state index contributed by atoms with van der Waals surface area (Å²) in [6.45, 7) is 3.82. The van der Waals surface area contributed by atoms with Gasteiger partial charge >= 0.3 is 0 Å². The summed E-state index contributed by atoms with van der Waals surface area (Å²) in [7, 11) is 0.